The maximum atomic E-state index is 11.9. The van der Waals surface area contributed by atoms with Gasteiger partial charge >= 0.3 is 37.1 Å². The van der Waals surface area contributed by atoms with E-state index in [0.29, 0.717) is 0 Å². The molecular weight excluding hydrogens is 594 g/mol. The Labute approximate surface area is 216 Å². The summed E-state index contributed by atoms with van der Waals surface area (Å²) < 4.78 is 126. The van der Waals surface area contributed by atoms with E-state index in [2.05, 4.69) is 8.37 Å². The molecule has 7 N–H and O–H groups in total. The fourth-order valence-electron chi connectivity index (χ4n) is 3.93. The Bertz CT molecular complexity index is 1140. The van der Waals surface area contributed by atoms with Crippen molar-refractivity contribution in [3.05, 3.63) is 0 Å². The zero-order valence-corrected chi connectivity index (χ0v) is 21.9. The number of hydrogen-bond acceptors (Lipinski definition) is 15. The summed E-state index contributed by atoms with van der Waals surface area (Å²) in [7, 11) is -14.5. The van der Waals surface area contributed by atoms with Gasteiger partial charge in [0.05, 0.1) is 12.7 Å². The number of aliphatic hydroxyl groups excluding tert-OH is 2. The van der Waals surface area contributed by atoms with E-state index in [1.807, 2.05) is 0 Å². The number of nitrogens with one attached hydrogen (secondary N) is 1. The van der Waals surface area contributed by atoms with Crippen LogP contribution in [0.25, 0.3) is 0 Å². The van der Waals surface area contributed by atoms with E-state index < -0.39 is 105 Å². The van der Waals surface area contributed by atoms with Crippen LogP contribution in [0, 0.1) is 0 Å². The number of aliphatic hydroxyl groups is 2. The van der Waals surface area contributed by atoms with E-state index >= 15 is 0 Å². The lowest BCUT2D eigenvalue weighted by atomic mass is 9.92. The molecule has 23 heteroatoms. The second-order valence-corrected chi connectivity index (χ2v) is 11.3. The minimum absolute atomic E-state index is 0.135. The van der Waals surface area contributed by atoms with E-state index in [4.69, 9.17) is 28.1 Å². The first-order chi connectivity index (χ1) is 17.3. The molecule has 0 spiro atoms. The van der Waals surface area contributed by atoms with E-state index in [9.17, 15) is 49.9 Å². The predicted molar refractivity (Wildman–Crippen MR) is 115 cm³/mol. The molecule has 224 valence electrons. The maximum absolute atomic E-state index is 11.9. The predicted octanol–water partition coefficient (Wildman–Crippen LogP) is -4.14. The summed E-state index contributed by atoms with van der Waals surface area (Å²) in [6.07, 6.45) is -17.5. The van der Waals surface area contributed by atoms with Crippen molar-refractivity contribution in [2.45, 2.75) is 74.5 Å². The lowest BCUT2D eigenvalue weighted by Crippen LogP contribution is -2.68. The summed E-state index contributed by atoms with van der Waals surface area (Å²) in [5.74, 6) is -1.77. The molecule has 0 aromatic heterocycles. The number of rotatable bonds is 12. The molecule has 20 nitrogen and oxygen atoms in total. The lowest BCUT2D eigenvalue weighted by molar-refractivity contribution is -0.317. The number of hydrogen-bond donors (Lipinski definition) is 7. The molecule has 0 aromatic carbocycles. The van der Waals surface area contributed by atoms with Crippen molar-refractivity contribution in [2.24, 2.45) is 0 Å². The van der Waals surface area contributed by atoms with Crippen LogP contribution in [0.3, 0.4) is 0 Å². The molecule has 0 aliphatic carbocycles. The van der Waals surface area contributed by atoms with Crippen LogP contribution in [0.4, 0.5) is 0 Å². The van der Waals surface area contributed by atoms with Gasteiger partial charge in [0.15, 0.2) is 12.4 Å². The SMILES string of the molecule is CC[C@@H]1OC(C(=O)O)[C@H](O[C@@H]2OC(COS(=O)(=O)O)[C@@H](OC)[C@@H](O)C2NS(=O)(=O)O)[C@@H](O)C1OS(=O)(=O)O. The van der Waals surface area contributed by atoms with Crippen LogP contribution in [-0.2, 0) is 63.2 Å². The molecule has 2 rings (SSSR count). The summed E-state index contributed by atoms with van der Waals surface area (Å²) in [5.41, 5.74) is 0. The molecule has 2 fully saturated rings. The van der Waals surface area contributed by atoms with E-state index in [0.717, 1.165) is 7.11 Å². The first-order valence-electron chi connectivity index (χ1n) is 10.4. The molecular formula is C15H27NO19S3. The summed E-state index contributed by atoms with van der Waals surface area (Å²) in [5, 5.41) is 31.0. The van der Waals surface area contributed by atoms with Gasteiger partial charge in [-0.1, -0.05) is 6.92 Å². The number of carbonyl (C=O) groups is 1. The largest absolute Gasteiger partial charge is 0.479 e. The highest BCUT2D eigenvalue weighted by Crippen LogP contribution is 2.33. The zero-order valence-electron chi connectivity index (χ0n) is 19.4. The fourth-order valence-corrected chi connectivity index (χ4v) is 5.35. The fraction of sp³-hybridized carbons (Fsp3) is 0.933. The Balaban J connectivity index is 2.49. The smallest absolute Gasteiger partial charge is 0.397 e. The van der Waals surface area contributed by atoms with Gasteiger partial charge in [-0.15, -0.1) is 0 Å². The average molecular weight is 622 g/mol. The number of aliphatic carboxylic acids is 1. The van der Waals surface area contributed by atoms with Crippen molar-refractivity contribution in [3.8, 4) is 0 Å². The van der Waals surface area contributed by atoms with Crippen LogP contribution in [0.15, 0.2) is 0 Å². The van der Waals surface area contributed by atoms with Gasteiger partial charge in [-0.2, -0.15) is 30.0 Å². The van der Waals surface area contributed by atoms with Crippen LogP contribution >= 0.6 is 0 Å². The normalized spacial score (nSPS) is 37.1. The van der Waals surface area contributed by atoms with Gasteiger partial charge in [0.25, 0.3) is 0 Å². The third kappa shape index (κ3) is 8.93. The quantitative estimate of drug-likeness (QED) is 0.102. The van der Waals surface area contributed by atoms with Crippen LogP contribution in [0.1, 0.15) is 13.3 Å². The van der Waals surface area contributed by atoms with Crippen LogP contribution in [0.5, 0.6) is 0 Å². The average Bonchev–Trinajstić information content (AvgIpc) is 2.75. The van der Waals surface area contributed by atoms with Crippen molar-refractivity contribution < 1.29 is 86.3 Å². The van der Waals surface area contributed by atoms with Gasteiger partial charge in [0.2, 0.25) is 0 Å². The molecule has 2 aliphatic heterocycles. The van der Waals surface area contributed by atoms with Crippen molar-refractivity contribution in [1.29, 1.82) is 0 Å². The number of ether oxygens (including phenoxy) is 4. The van der Waals surface area contributed by atoms with Gasteiger partial charge in [0.1, 0.15) is 42.7 Å². The van der Waals surface area contributed by atoms with Crippen LogP contribution < -0.4 is 4.72 Å². The van der Waals surface area contributed by atoms with Gasteiger partial charge in [-0.25, -0.2) is 13.2 Å². The first-order valence-corrected chi connectivity index (χ1v) is 14.5. The monoisotopic (exact) mass is 621 g/mol. The maximum Gasteiger partial charge on any atom is 0.397 e. The molecule has 0 radical (unpaired) electrons. The molecule has 0 aromatic rings. The number of methoxy groups -OCH3 is 1. The Hall–Kier alpha value is -1.16. The molecule has 2 saturated heterocycles. The molecule has 10 atom stereocenters. The number of carboxylic acid groups (broad SMARTS) is 1. The van der Waals surface area contributed by atoms with Gasteiger partial charge < -0.3 is 34.3 Å². The van der Waals surface area contributed by atoms with E-state index in [1.54, 1.807) is 0 Å². The Morgan fingerprint density at radius 2 is 1.50 bits per heavy atom. The zero-order chi connectivity index (χ0) is 29.2. The highest BCUT2D eigenvalue weighted by molar-refractivity contribution is 7.83. The minimum Gasteiger partial charge on any atom is -0.479 e. The van der Waals surface area contributed by atoms with Gasteiger partial charge in [-0.05, 0) is 6.42 Å². The summed E-state index contributed by atoms with van der Waals surface area (Å²) in [4.78, 5) is 11.9. The Morgan fingerprint density at radius 3 is 1.95 bits per heavy atom. The second kappa shape index (κ2) is 12.6. The first kappa shape index (κ1) is 33.0. The number of carboxylic acids is 1. The molecule has 4 unspecified atom stereocenters. The highest BCUT2D eigenvalue weighted by Gasteiger charge is 2.55. The van der Waals surface area contributed by atoms with Crippen molar-refractivity contribution in [1.82, 2.24) is 4.72 Å². The standard InChI is InChI=1S/C15H27NO19S3/c1-3-5-11(35-38(27,28)29)9(18)12(13(32-5)14(19)20)34-15-7(16-36(21,22)23)8(17)10(30-2)6(33-15)4-31-37(24,25)26/h5-13,15-18H,3-4H2,1-2H3,(H,19,20)(H,21,22,23)(H,24,25,26)(H,27,28,29)/t5-,6?,7?,8-,9-,10+,11?,12+,13?,15-/m0/s1. The van der Waals surface area contributed by atoms with Crippen LogP contribution in [-0.4, -0.2) is 135 Å². The molecule has 2 aliphatic rings. The lowest BCUT2D eigenvalue weighted by Gasteiger charge is -2.47. The van der Waals surface area contributed by atoms with E-state index in [1.165, 1.54) is 11.6 Å². The molecule has 2 heterocycles. The topological polar surface area (TPSA) is 308 Å². The molecule has 0 bridgehead atoms. The van der Waals surface area contributed by atoms with E-state index in [-0.39, 0.29) is 6.42 Å². The van der Waals surface area contributed by atoms with Gasteiger partial charge in [-0.3, -0.25) is 13.7 Å². The highest BCUT2D eigenvalue weighted by atomic mass is 32.3. The van der Waals surface area contributed by atoms with Crippen molar-refractivity contribution in [2.75, 3.05) is 13.7 Å². The second-order valence-electron chi connectivity index (χ2n) is 7.99. The summed E-state index contributed by atoms with van der Waals surface area (Å²) >= 11 is 0. The molecule has 38 heavy (non-hydrogen) atoms. The van der Waals surface area contributed by atoms with Crippen molar-refractivity contribution >= 4 is 37.1 Å². The Kier molecular flexibility index (Phi) is 10.9. The van der Waals surface area contributed by atoms with Gasteiger partial charge in [0, 0.05) is 7.11 Å². The van der Waals surface area contributed by atoms with Crippen molar-refractivity contribution in [3.63, 3.8) is 0 Å². The summed E-state index contributed by atoms with van der Waals surface area (Å²) in [6, 6.07) is -2.04. The summed E-state index contributed by atoms with van der Waals surface area (Å²) in [6.45, 7) is 0.334. The molecule has 0 amide bonds. The third-order valence-corrected chi connectivity index (χ3v) is 6.91. The Morgan fingerprint density at radius 1 is 0.895 bits per heavy atom. The molecule has 0 saturated carbocycles. The minimum atomic E-state index is -5.23. The third-order valence-electron chi connectivity index (χ3n) is 5.44. The van der Waals surface area contributed by atoms with Crippen LogP contribution in [0.2, 0.25) is 0 Å².